The van der Waals surface area contributed by atoms with E-state index < -0.39 is 5.97 Å². The zero-order valence-electron chi connectivity index (χ0n) is 12.0. The van der Waals surface area contributed by atoms with Crippen LogP contribution in [0.5, 0.6) is 5.75 Å². The molecule has 0 aliphatic heterocycles. The smallest absolute Gasteiger partial charge is 0.303 e. The minimum Gasteiger partial charge on any atom is -0.494 e. The molecule has 1 aromatic carbocycles. The predicted molar refractivity (Wildman–Crippen MR) is 75.6 cm³/mol. The third kappa shape index (κ3) is 5.30. The maximum atomic E-state index is 11.9. The summed E-state index contributed by atoms with van der Waals surface area (Å²) < 4.78 is 5.51. The monoisotopic (exact) mass is 279 g/mol. The van der Waals surface area contributed by atoms with Gasteiger partial charge in [0, 0.05) is 32.0 Å². The second-order valence-corrected chi connectivity index (χ2v) is 4.54. The van der Waals surface area contributed by atoms with Crippen molar-refractivity contribution in [2.45, 2.75) is 32.7 Å². The normalized spacial score (nSPS) is 10.1. The summed E-state index contributed by atoms with van der Waals surface area (Å²) in [6, 6.07) is 7.59. The molecular weight excluding hydrogens is 258 g/mol. The summed E-state index contributed by atoms with van der Waals surface area (Å²) in [5, 5.41) is 8.55. The summed E-state index contributed by atoms with van der Waals surface area (Å²) in [5.41, 5.74) is 0.948. The Morgan fingerprint density at radius 2 is 1.95 bits per heavy atom. The molecule has 0 atom stereocenters. The van der Waals surface area contributed by atoms with Gasteiger partial charge < -0.3 is 14.7 Å². The maximum absolute atomic E-state index is 11.9. The molecule has 0 saturated carbocycles. The molecular formula is C15H21NO4. The molecule has 1 amide bonds. The first-order chi connectivity index (χ1) is 9.54. The van der Waals surface area contributed by atoms with Crippen molar-refractivity contribution in [1.82, 2.24) is 4.90 Å². The first kappa shape index (κ1) is 16.0. The summed E-state index contributed by atoms with van der Waals surface area (Å²) in [4.78, 5) is 23.9. The van der Waals surface area contributed by atoms with Crippen molar-refractivity contribution in [3.05, 3.63) is 29.8 Å². The van der Waals surface area contributed by atoms with E-state index in [2.05, 4.69) is 0 Å². The van der Waals surface area contributed by atoms with Crippen molar-refractivity contribution in [1.29, 1.82) is 0 Å². The molecule has 0 aliphatic rings. The van der Waals surface area contributed by atoms with Gasteiger partial charge in [0.15, 0.2) is 0 Å². The fraction of sp³-hybridized carbons (Fsp3) is 0.467. The molecule has 1 rings (SSSR count). The number of rotatable bonds is 8. The van der Waals surface area contributed by atoms with Gasteiger partial charge in [-0.2, -0.15) is 0 Å². The van der Waals surface area contributed by atoms with Gasteiger partial charge in [-0.15, -0.1) is 0 Å². The van der Waals surface area contributed by atoms with Crippen molar-refractivity contribution >= 4 is 11.9 Å². The van der Waals surface area contributed by atoms with Gasteiger partial charge in [0.2, 0.25) is 5.91 Å². The lowest BCUT2D eigenvalue weighted by molar-refractivity contribution is -0.137. The van der Waals surface area contributed by atoms with Crippen LogP contribution in [0.2, 0.25) is 0 Å². The van der Waals surface area contributed by atoms with Gasteiger partial charge in [0.25, 0.3) is 0 Å². The second-order valence-electron chi connectivity index (χ2n) is 4.54. The van der Waals surface area contributed by atoms with Gasteiger partial charge in [0.1, 0.15) is 5.75 Å². The van der Waals surface area contributed by atoms with Crippen molar-refractivity contribution in [2.75, 3.05) is 13.7 Å². The molecule has 0 bridgehead atoms. The Bertz CT molecular complexity index is 459. The molecule has 0 heterocycles. The zero-order valence-corrected chi connectivity index (χ0v) is 12.0. The molecule has 0 fully saturated rings. The highest BCUT2D eigenvalue weighted by Gasteiger charge is 2.12. The first-order valence-corrected chi connectivity index (χ1v) is 6.71. The highest BCUT2D eigenvalue weighted by atomic mass is 16.5. The lowest BCUT2D eigenvalue weighted by atomic mass is 10.1. The number of aliphatic carboxylic acids is 1. The lowest BCUT2D eigenvalue weighted by Crippen LogP contribution is -2.26. The molecule has 110 valence electrons. The number of carbonyl (C=O) groups excluding carboxylic acids is 1. The maximum Gasteiger partial charge on any atom is 0.303 e. The number of carboxylic acids is 1. The van der Waals surface area contributed by atoms with Gasteiger partial charge >= 0.3 is 5.97 Å². The van der Waals surface area contributed by atoms with E-state index in [1.54, 1.807) is 11.9 Å². The van der Waals surface area contributed by atoms with E-state index in [0.29, 0.717) is 19.6 Å². The van der Waals surface area contributed by atoms with Gasteiger partial charge in [-0.05, 0) is 19.4 Å². The molecule has 5 nitrogen and oxygen atoms in total. The third-order valence-corrected chi connectivity index (χ3v) is 2.89. The fourth-order valence-electron chi connectivity index (χ4n) is 1.86. The molecule has 1 aromatic rings. The van der Waals surface area contributed by atoms with E-state index in [-0.39, 0.29) is 18.7 Å². The molecule has 0 radical (unpaired) electrons. The molecule has 0 aromatic heterocycles. The summed E-state index contributed by atoms with van der Waals surface area (Å²) in [6.45, 7) is 2.95. The number of amides is 1. The number of para-hydroxylation sites is 1. The van der Waals surface area contributed by atoms with Crippen molar-refractivity contribution < 1.29 is 19.4 Å². The standard InChI is InChI=1S/C15H21NO4/c1-3-20-13-8-5-4-7-12(13)11-16(2)14(17)9-6-10-15(18)19/h4-5,7-8H,3,6,9-11H2,1-2H3,(H,18,19). The molecule has 20 heavy (non-hydrogen) atoms. The van der Waals surface area contributed by atoms with Crippen LogP contribution in [0.3, 0.4) is 0 Å². The van der Waals surface area contributed by atoms with Crippen LogP contribution in [0.25, 0.3) is 0 Å². The quantitative estimate of drug-likeness (QED) is 0.793. The molecule has 0 saturated heterocycles. The summed E-state index contributed by atoms with van der Waals surface area (Å²) in [6.07, 6.45) is 0.639. The van der Waals surface area contributed by atoms with Crippen LogP contribution in [0.1, 0.15) is 31.7 Å². The van der Waals surface area contributed by atoms with Gasteiger partial charge in [-0.25, -0.2) is 0 Å². The van der Waals surface area contributed by atoms with Crippen molar-refractivity contribution in [2.24, 2.45) is 0 Å². The van der Waals surface area contributed by atoms with Crippen LogP contribution in [-0.4, -0.2) is 35.5 Å². The number of hydrogen-bond donors (Lipinski definition) is 1. The van der Waals surface area contributed by atoms with Crippen LogP contribution in [0.15, 0.2) is 24.3 Å². The number of benzene rings is 1. The highest BCUT2D eigenvalue weighted by Crippen LogP contribution is 2.19. The van der Waals surface area contributed by atoms with E-state index in [1.165, 1.54) is 0 Å². The highest BCUT2D eigenvalue weighted by molar-refractivity contribution is 5.76. The van der Waals surface area contributed by atoms with E-state index in [9.17, 15) is 9.59 Å². The molecule has 0 spiro atoms. The Labute approximate surface area is 119 Å². The average Bonchev–Trinajstić information content (AvgIpc) is 2.40. The van der Waals surface area contributed by atoms with E-state index in [1.807, 2.05) is 31.2 Å². The lowest BCUT2D eigenvalue weighted by Gasteiger charge is -2.19. The molecule has 1 N–H and O–H groups in total. The number of carbonyl (C=O) groups is 2. The topological polar surface area (TPSA) is 66.8 Å². The second kappa shape index (κ2) is 8.19. The largest absolute Gasteiger partial charge is 0.494 e. The summed E-state index contributed by atoms with van der Waals surface area (Å²) in [7, 11) is 1.71. The SMILES string of the molecule is CCOc1ccccc1CN(C)C(=O)CCCC(=O)O. The Kier molecular flexibility index (Phi) is 6.56. The van der Waals surface area contributed by atoms with Gasteiger partial charge in [-0.3, -0.25) is 9.59 Å². The van der Waals surface area contributed by atoms with E-state index in [0.717, 1.165) is 11.3 Å². The Morgan fingerprint density at radius 3 is 2.60 bits per heavy atom. The van der Waals surface area contributed by atoms with Crippen LogP contribution in [0, 0.1) is 0 Å². The average molecular weight is 279 g/mol. The van der Waals surface area contributed by atoms with Gasteiger partial charge in [0.05, 0.1) is 6.61 Å². The summed E-state index contributed by atoms with van der Waals surface area (Å²) >= 11 is 0. The van der Waals surface area contributed by atoms with Crippen LogP contribution >= 0.6 is 0 Å². The van der Waals surface area contributed by atoms with Crippen LogP contribution in [-0.2, 0) is 16.1 Å². The minimum absolute atomic E-state index is 0.0229. The number of nitrogens with zero attached hydrogens (tertiary/aromatic N) is 1. The Hall–Kier alpha value is -2.04. The Morgan fingerprint density at radius 1 is 1.25 bits per heavy atom. The predicted octanol–water partition coefficient (Wildman–Crippen LogP) is 2.30. The number of hydrogen-bond acceptors (Lipinski definition) is 3. The van der Waals surface area contributed by atoms with E-state index >= 15 is 0 Å². The fourth-order valence-corrected chi connectivity index (χ4v) is 1.86. The van der Waals surface area contributed by atoms with E-state index in [4.69, 9.17) is 9.84 Å². The Balaban J connectivity index is 2.54. The van der Waals surface area contributed by atoms with Crippen LogP contribution < -0.4 is 4.74 Å². The van der Waals surface area contributed by atoms with Crippen molar-refractivity contribution in [3.63, 3.8) is 0 Å². The molecule has 0 unspecified atom stereocenters. The first-order valence-electron chi connectivity index (χ1n) is 6.71. The van der Waals surface area contributed by atoms with Gasteiger partial charge in [-0.1, -0.05) is 18.2 Å². The molecule has 5 heteroatoms. The van der Waals surface area contributed by atoms with Crippen molar-refractivity contribution in [3.8, 4) is 5.75 Å². The molecule has 0 aliphatic carbocycles. The zero-order chi connectivity index (χ0) is 15.0. The third-order valence-electron chi connectivity index (χ3n) is 2.89. The number of carboxylic acid groups (broad SMARTS) is 1. The minimum atomic E-state index is -0.873. The number of ether oxygens (including phenoxy) is 1. The van der Waals surface area contributed by atoms with Crippen LogP contribution in [0.4, 0.5) is 0 Å². The summed E-state index contributed by atoms with van der Waals surface area (Å²) in [5.74, 6) is -0.153.